The van der Waals surface area contributed by atoms with Crippen LogP contribution < -0.4 is 4.80 Å². The maximum atomic E-state index is 10.2. The van der Waals surface area contributed by atoms with Crippen LogP contribution in [0, 0.1) is 6.92 Å². The minimum Gasteiger partial charge on any atom is -0.394 e. The van der Waals surface area contributed by atoms with E-state index in [9.17, 15) is 20.4 Å². The molecule has 5 atom stereocenters. The highest BCUT2D eigenvalue weighted by molar-refractivity contribution is 7.08. The summed E-state index contributed by atoms with van der Waals surface area (Å²) in [6.45, 7) is 1.19. The van der Waals surface area contributed by atoms with Gasteiger partial charge in [0.2, 0.25) is 4.80 Å². The van der Waals surface area contributed by atoms with E-state index < -0.39 is 37.3 Å². The molecule has 8 nitrogen and oxygen atoms in total. The van der Waals surface area contributed by atoms with Crippen LogP contribution >= 0.6 is 46.1 Å². The molecule has 0 saturated carbocycles. The number of hydrogen-bond acceptors (Lipinski definition) is 8. The number of aliphatic hydroxyl groups is 4. The fourth-order valence-electron chi connectivity index (χ4n) is 2.64. The molecule has 4 N–H and O–H groups in total. The zero-order valence-electron chi connectivity index (χ0n) is 13.8. The van der Waals surface area contributed by atoms with Crippen LogP contribution in [0.2, 0.25) is 15.1 Å². The topological polar surface area (TPSA) is 120 Å². The van der Waals surface area contributed by atoms with Gasteiger partial charge in [0.1, 0.15) is 35.1 Å². The van der Waals surface area contributed by atoms with Crippen molar-refractivity contribution < 1.29 is 25.2 Å². The molecular formula is C15H16Cl3N3O5S. The van der Waals surface area contributed by atoms with Gasteiger partial charge in [-0.25, -0.2) is 9.67 Å². The van der Waals surface area contributed by atoms with E-state index in [4.69, 9.17) is 39.5 Å². The molecule has 1 aliphatic rings. The van der Waals surface area contributed by atoms with Crippen LogP contribution in [-0.4, -0.2) is 67.5 Å². The van der Waals surface area contributed by atoms with E-state index in [1.165, 1.54) is 28.2 Å². The molecule has 1 aromatic heterocycles. The van der Waals surface area contributed by atoms with Gasteiger partial charge in [-0.1, -0.05) is 46.1 Å². The fraction of sp³-hybridized carbons (Fsp3) is 0.467. The lowest BCUT2D eigenvalue weighted by Crippen LogP contribution is -2.58. The van der Waals surface area contributed by atoms with Crippen LogP contribution in [0.15, 0.2) is 17.1 Å². The Kier molecular flexibility index (Phi) is 6.46. The number of rotatable bonds is 3. The smallest absolute Gasteiger partial charge is 0.210 e. The number of halogens is 3. The third-order valence-electron chi connectivity index (χ3n) is 3.96. The fourth-order valence-corrected chi connectivity index (χ4v) is 4.38. The van der Waals surface area contributed by atoms with Gasteiger partial charge >= 0.3 is 0 Å². The summed E-state index contributed by atoms with van der Waals surface area (Å²) >= 11 is 19.6. The maximum absolute atomic E-state index is 10.2. The number of nitrogens with zero attached hydrogens (tertiary/aromatic N) is 3. The highest BCUT2D eigenvalue weighted by atomic mass is 35.5. The Morgan fingerprint density at radius 1 is 1.15 bits per heavy atom. The van der Waals surface area contributed by atoms with E-state index in [1.807, 2.05) is 0 Å². The Bertz CT molecular complexity index is 880. The van der Waals surface area contributed by atoms with E-state index in [0.717, 1.165) is 0 Å². The summed E-state index contributed by atoms with van der Waals surface area (Å²) in [5.74, 6) is 0. The molecule has 0 amide bonds. The normalized spacial score (nSPS) is 29.3. The van der Waals surface area contributed by atoms with Gasteiger partial charge in [-0.2, -0.15) is 5.10 Å². The highest BCUT2D eigenvalue weighted by Gasteiger charge is 2.43. The average Bonchev–Trinajstić information content (AvgIpc) is 2.94. The lowest BCUT2D eigenvalue weighted by Gasteiger charge is -2.38. The minimum atomic E-state index is -1.53. The zero-order chi connectivity index (χ0) is 19.9. The van der Waals surface area contributed by atoms with E-state index in [0.29, 0.717) is 15.7 Å². The summed E-state index contributed by atoms with van der Waals surface area (Å²) in [4.78, 5) is 4.58. The molecule has 3 rings (SSSR count). The first-order valence-corrected chi connectivity index (χ1v) is 9.74. The molecule has 2 aromatic rings. The number of aliphatic hydroxyl groups excluding tert-OH is 4. The second-order valence-corrected chi connectivity index (χ2v) is 8.29. The highest BCUT2D eigenvalue weighted by Crippen LogP contribution is 2.31. The summed E-state index contributed by atoms with van der Waals surface area (Å²) in [7, 11) is 0. The summed E-state index contributed by atoms with van der Waals surface area (Å²) < 4.78 is 6.79. The second-order valence-electron chi connectivity index (χ2n) is 5.88. The van der Waals surface area contributed by atoms with Crippen molar-refractivity contribution in [3.05, 3.63) is 37.0 Å². The monoisotopic (exact) mass is 455 g/mol. The maximum Gasteiger partial charge on any atom is 0.210 e. The molecule has 0 radical (unpaired) electrons. The molecule has 0 unspecified atom stereocenters. The van der Waals surface area contributed by atoms with Gasteiger partial charge < -0.3 is 25.2 Å². The van der Waals surface area contributed by atoms with Crippen molar-refractivity contribution >= 4 is 46.1 Å². The van der Waals surface area contributed by atoms with Crippen LogP contribution in [0.5, 0.6) is 0 Å². The number of benzene rings is 1. The van der Waals surface area contributed by atoms with Crippen molar-refractivity contribution in [1.82, 2.24) is 9.78 Å². The third-order valence-corrected chi connectivity index (χ3v) is 5.59. The summed E-state index contributed by atoms with van der Waals surface area (Å²) in [5.41, 5.74) is 0.343. The van der Waals surface area contributed by atoms with E-state index in [-0.39, 0.29) is 14.8 Å². The van der Waals surface area contributed by atoms with Crippen molar-refractivity contribution in [1.29, 1.82) is 0 Å². The Morgan fingerprint density at radius 2 is 1.78 bits per heavy atom. The molecule has 148 valence electrons. The SMILES string of the molecule is Cc1nn(-c2c(Cl)cc(Cl)cc2Cl)/c(=N/[C@@H]2O[C@H](CO)[C@@H](O)[C@H](O)[C@H]2O)s1. The molecular weight excluding hydrogens is 441 g/mol. The summed E-state index contributed by atoms with van der Waals surface area (Å²) in [6, 6.07) is 3.01. The number of ether oxygens (including phenoxy) is 1. The molecule has 1 saturated heterocycles. The van der Waals surface area contributed by atoms with Crippen molar-refractivity contribution in [2.24, 2.45) is 4.99 Å². The number of hydrogen-bond donors (Lipinski definition) is 4. The Labute approximate surface area is 172 Å². The van der Waals surface area contributed by atoms with Crippen molar-refractivity contribution in [2.75, 3.05) is 6.61 Å². The molecule has 0 spiro atoms. The van der Waals surface area contributed by atoms with Gasteiger partial charge in [-0.15, -0.1) is 0 Å². The van der Waals surface area contributed by atoms with Gasteiger partial charge in [-0.05, 0) is 19.1 Å². The Morgan fingerprint density at radius 3 is 2.37 bits per heavy atom. The number of aryl methyl sites for hydroxylation is 1. The van der Waals surface area contributed by atoms with Crippen molar-refractivity contribution in [3.8, 4) is 5.69 Å². The molecule has 1 fully saturated rings. The van der Waals surface area contributed by atoms with E-state index >= 15 is 0 Å². The largest absolute Gasteiger partial charge is 0.394 e. The Hall–Kier alpha value is -0.750. The minimum absolute atomic E-state index is 0.244. The van der Waals surface area contributed by atoms with Crippen LogP contribution in [-0.2, 0) is 4.74 Å². The molecule has 0 bridgehead atoms. The third kappa shape index (κ3) is 4.16. The molecule has 27 heavy (non-hydrogen) atoms. The van der Waals surface area contributed by atoms with Crippen molar-refractivity contribution in [3.63, 3.8) is 0 Å². The molecule has 0 aliphatic carbocycles. The summed E-state index contributed by atoms with van der Waals surface area (Å²) in [6.07, 6.45) is -6.81. The van der Waals surface area contributed by atoms with Gasteiger partial charge in [0.25, 0.3) is 0 Å². The van der Waals surface area contributed by atoms with E-state index in [1.54, 1.807) is 6.92 Å². The lowest BCUT2D eigenvalue weighted by atomic mass is 9.99. The predicted molar refractivity (Wildman–Crippen MR) is 101 cm³/mol. The average molecular weight is 457 g/mol. The molecule has 1 aromatic carbocycles. The standard InChI is InChI=1S/C15H16Cl3N3O5S/c1-5-20-21(10-7(17)2-6(16)3-8(10)18)15(27-5)19-14-13(25)12(24)11(23)9(4-22)26-14/h2-3,9,11-14,22-25H,4H2,1H3/b19-15-/t9-,11-,12+,13-,14-/m1/s1. The molecule has 12 heteroatoms. The predicted octanol–water partition coefficient (Wildman–Crippen LogP) is 0.903. The quantitative estimate of drug-likeness (QED) is 0.545. The molecule has 2 heterocycles. The van der Waals surface area contributed by atoms with Crippen LogP contribution in [0.4, 0.5) is 0 Å². The second kappa shape index (κ2) is 8.32. The van der Waals surface area contributed by atoms with Crippen LogP contribution in [0.25, 0.3) is 5.69 Å². The molecule has 1 aliphatic heterocycles. The van der Waals surface area contributed by atoms with Crippen LogP contribution in [0.1, 0.15) is 5.01 Å². The first-order chi connectivity index (χ1) is 12.7. The van der Waals surface area contributed by atoms with E-state index in [2.05, 4.69) is 10.1 Å². The first-order valence-electron chi connectivity index (χ1n) is 7.79. The van der Waals surface area contributed by atoms with Gasteiger partial charge in [0, 0.05) is 5.02 Å². The first kappa shape index (κ1) is 21.0. The van der Waals surface area contributed by atoms with Crippen molar-refractivity contribution in [2.45, 2.75) is 37.6 Å². The zero-order valence-corrected chi connectivity index (χ0v) is 16.9. The van der Waals surface area contributed by atoms with Gasteiger partial charge in [-0.3, -0.25) is 0 Å². The van der Waals surface area contributed by atoms with Crippen LogP contribution in [0.3, 0.4) is 0 Å². The summed E-state index contributed by atoms with van der Waals surface area (Å²) in [5, 5.41) is 45.1. The van der Waals surface area contributed by atoms with Gasteiger partial charge in [0.05, 0.1) is 16.7 Å². The number of aromatic nitrogens is 2. The van der Waals surface area contributed by atoms with Gasteiger partial charge in [0.15, 0.2) is 6.23 Å². The Balaban J connectivity index is 2.09. The lowest BCUT2D eigenvalue weighted by molar-refractivity contribution is -0.227.